The minimum absolute atomic E-state index is 0.0429. The molecule has 0 bridgehead atoms. The molecule has 0 heterocycles. The first kappa shape index (κ1) is 14.4. The molecule has 0 aliphatic rings. The van der Waals surface area contributed by atoms with Crippen LogP contribution < -0.4 is 4.74 Å². The van der Waals surface area contributed by atoms with Crippen molar-refractivity contribution < 1.29 is 30.0 Å². The number of benzene rings is 1. The van der Waals surface area contributed by atoms with Gasteiger partial charge in [-0.3, -0.25) is 4.79 Å². The summed E-state index contributed by atoms with van der Waals surface area (Å²) in [5.41, 5.74) is 0.125. The van der Waals surface area contributed by atoms with Gasteiger partial charge in [0.05, 0.1) is 13.2 Å². The van der Waals surface area contributed by atoms with Crippen molar-refractivity contribution in [3.05, 3.63) is 23.3 Å². The number of phenolic OH excluding ortho intramolecular Hbond substituents is 1. The smallest absolute Gasteiger partial charge is 0.163 e. The maximum absolute atomic E-state index is 10.8. The van der Waals surface area contributed by atoms with Crippen LogP contribution in [0, 0.1) is 0 Å². The van der Waals surface area contributed by atoms with Gasteiger partial charge in [0.25, 0.3) is 0 Å². The zero-order valence-corrected chi connectivity index (χ0v) is 9.91. The van der Waals surface area contributed by atoms with Gasteiger partial charge in [-0.1, -0.05) is 0 Å². The molecule has 1 aromatic rings. The molecule has 100 valence electrons. The third-order valence-corrected chi connectivity index (χ3v) is 2.43. The van der Waals surface area contributed by atoms with Gasteiger partial charge >= 0.3 is 0 Å². The van der Waals surface area contributed by atoms with E-state index >= 15 is 0 Å². The number of aromatic hydroxyl groups is 1. The van der Waals surface area contributed by atoms with E-state index in [1.165, 1.54) is 12.1 Å². The van der Waals surface area contributed by atoms with Crippen molar-refractivity contribution in [3.63, 3.8) is 0 Å². The lowest BCUT2D eigenvalue weighted by molar-refractivity contribution is -0.0163. The van der Waals surface area contributed by atoms with Crippen LogP contribution in [0.25, 0.3) is 0 Å². The summed E-state index contributed by atoms with van der Waals surface area (Å²) in [4.78, 5) is 10.8. The van der Waals surface area contributed by atoms with E-state index in [1.54, 1.807) is 6.92 Å². The van der Waals surface area contributed by atoms with Crippen LogP contribution in [0.4, 0.5) is 0 Å². The Morgan fingerprint density at radius 3 is 2.56 bits per heavy atom. The first-order chi connectivity index (χ1) is 8.54. The van der Waals surface area contributed by atoms with Crippen molar-refractivity contribution in [1.82, 2.24) is 0 Å². The molecule has 18 heavy (non-hydrogen) atoms. The Morgan fingerprint density at radius 2 is 2.06 bits per heavy atom. The number of carbonyl (C=O) groups is 1. The molecule has 0 aliphatic carbocycles. The van der Waals surface area contributed by atoms with Gasteiger partial charge in [-0.25, -0.2) is 0 Å². The Kier molecular flexibility index (Phi) is 5.08. The molecular formula is C12H16O6. The second-order valence-corrected chi connectivity index (χ2v) is 3.70. The van der Waals surface area contributed by atoms with E-state index < -0.39 is 18.8 Å². The first-order valence-corrected chi connectivity index (χ1v) is 5.47. The number of hydrogen-bond donors (Lipinski definition) is 4. The fourth-order valence-electron chi connectivity index (χ4n) is 1.52. The molecule has 0 aliphatic heterocycles. The van der Waals surface area contributed by atoms with Gasteiger partial charge in [0.1, 0.15) is 18.5 Å². The largest absolute Gasteiger partial charge is 0.504 e. The lowest BCUT2D eigenvalue weighted by atomic mass is 10.0. The zero-order valence-electron chi connectivity index (χ0n) is 9.91. The van der Waals surface area contributed by atoms with Crippen molar-refractivity contribution in [1.29, 1.82) is 0 Å². The normalized spacial score (nSPS) is 14.0. The molecule has 0 radical (unpaired) electrons. The average Bonchev–Trinajstić information content (AvgIpc) is 2.39. The predicted octanol–water partition coefficient (Wildman–Crippen LogP) is -0.0100. The highest BCUT2D eigenvalue weighted by atomic mass is 16.5. The molecule has 2 atom stereocenters. The number of hydrogen-bond acceptors (Lipinski definition) is 6. The number of carbonyl (C=O) groups excluding carboxylic acids is 1. The summed E-state index contributed by atoms with van der Waals surface area (Å²) in [6.07, 6.45) is -2.43. The summed E-state index contributed by atoms with van der Waals surface area (Å²) >= 11 is 0. The summed E-state index contributed by atoms with van der Waals surface area (Å²) in [7, 11) is 0. The third kappa shape index (κ3) is 2.98. The Balaban J connectivity index is 3.24. The summed E-state index contributed by atoms with van der Waals surface area (Å²) in [6, 6.07) is 2.56. The zero-order chi connectivity index (χ0) is 13.7. The van der Waals surface area contributed by atoms with Crippen molar-refractivity contribution >= 4 is 6.29 Å². The van der Waals surface area contributed by atoms with E-state index in [0.717, 1.165) is 0 Å². The SMILES string of the molecule is CCOc1cc(C=O)cc(C(O)C(O)CO)c1O. The molecule has 0 amide bonds. The quantitative estimate of drug-likeness (QED) is 0.533. The summed E-state index contributed by atoms with van der Waals surface area (Å²) in [5, 5.41) is 37.7. The number of rotatable bonds is 6. The van der Waals surface area contributed by atoms with E-state index in [-0.39, 0.29) is 29.2 Å². The highest BCUT2D eigenvalue weighted by Crippen LogP contribution is 2.36. The lowest BCUT2D eigenvalue weighted by Gasteiger charge is -2.19. The van der Waals surface area contributed by atoms with E-state index in [4.69, 9.17) is 9.84 Å². The Morgan fingerprint density at radius 1 is 1.39 bits per heavy atom. The van der Waals surface area contributed by atoms with Gasteiger partial charge in [0.2, 0.25) is 0 Å². The number of phenols is 1. The molecule has 4 N–H and O–H groups in total. The van der Waals surface area contributed by atoms with E-state index in [2.05, 4.69) is 0 Å². The average molecular weight is 256 g/mol. The van der Waals surface area contributed by atoms with Crippen LogP contribution in [-0.4, -0.2) is 46.0 Å². The molecular weight excluding hydrogens is 240 g/mol. The summed E-state index contributed by atoms with van der Waals surface area (Å²) in [6.45, 7) is 1.30. The molecule has 0 fully saturated rings. The fraction of sp³-hybridized carbons (Fsp3) is 0.417. The standard InChI is InChI=1S/C12H16O6/c1-2-18-10-4-7(5-13)3-8(12(10)17)11(16)9(15)6-14/h3-5,9,11,14-17H,2,6H2,1H3. The van der Waals surface area contributed by atoms with Gasteiger partial charge in [-0.05, 0) is 19.1 Å². The molecule has 2 unspecified atom stereocenters. The van der Waals surface area contributed by atoms with Gasteiger partial charge < -0.3 is 25.2 Å². The van der Waals surface area contributed by atoms with Crippen molar-refractivity contribution in [2.45, 2.75) is 19.1 Å². The van der Waals surface area contributed by atoms with E-state index in [1.807, 2.05) is 0 Å². The van der Waals surface area contributed by atoms with Crippen LogP contribution >= 0.6 is 0 Å². The fourth-order valence-corrected chi connectivity index (χ4v) is 1.52. The molecule has 0 saturated heterocycles. The molecule has 0 aromatic heterocycles. The maximum atomic E-state index is 10.8. The molecule has 6 nitrogen and oxygen atoms in total. The Labute approximate surface area is 104 Å². The molecule has 6 heteroatoms. The van der Waals surface area contributed by atoms with Crippen molar-refractivity contribution in [2.24, 2.45) is 0 Å². The van der Waals surface area contributed by atoms with Crippen LogP contribution in [0.5, 0.6) is 11.5 Å². The monoisotopic (exact) mass is 256 g/mol. The second-order valence-electron chi connectivity index (χ2n) is 3.70. The van der Waals surface area contributed by atoms with Gasteiger partial charge in [-0.15, -0.1) is 0 Å². The van der Waals surface area contributed by atoms with Gasteiger partial charge in [-0.2, -0.15) is 0 Å². The molecule has 1 rings (SSSR count). The van der Waals surface area contributed by atoms with Crippen LogP contribution in [0.1, 0.15) is 28.9 Å². The van der Waals surface area contributed by atoms with Gasteiger partial charge in [0, 0.05) is 11.1 Å². The minimum atomic E-state index is -1.51. The van der Waals surface area contributed by atoms with Crippen LogP contribution in [0.3, 0.4) is 0 Å². The number of aldehydes is 1. The first-order valence-electron chi connectivity index (χ1n) is 5.47. The number of ether oxygens (including phenoxy) is 1. The summed E-state index contributed by atoms with van der Waals surface area (Å²) in [5.74, 6) is -0.316. The van der Waals surface area contributed by atoms with Gasteiger partial charge in [0.15, 0.2) is 11.5 Å². The number of aliphatic hydroxyl groups is 3. The van der Waals surface area contributed by atoms with Crippen LogP contribution in [-0.2, 0) is 0 Å². The predicted molar refractivity (Wildman–Crippen MR) is 62.7 cm³/mol. The molecule has 1 aromatic carbocycles. The second kappa shape index (κ2) is 6.34. The number of aliphatic hydroxyl groups excluding tert-OH is 3. The topological polar surface area (TPSA) is 107 Å². The van der Waals surface area contributed by atoms with E-state index in [9.17, 15) is 20.1 Å². The third-order valence-electron chi connectivity index (χ3n) is 2.43. The van der Waals surface area contributed by atoms with Crippen molar-refractivity contribution in [3.8, 4) is 11.5 Å². The maximum Gasteiger partial charge on any atom is 0.163 e. The Hall–Kier alpha value is -1.63. The van der Waals surface area contributed by atoms with Crippen molar-refractivity contribution in [2.75, 3.05) is 13.2 Å². The molecule has 0 saturated carbocycles. The summed E-state index contributed by atoms with van der Waals surface area (Å²) < 4.78 is 5.12. The van der Waals surface area contributed by atoms with Crippen LogP contribution in [0.15, 0.2) is 12.1 Å². The van der Waals surface area contributed by atoms with E-state index in [0.29, 0.717) is 6.29 Å². The highest BCUT2D eigenvalue weighted by Gasteiger charge is 2.23. The molecule has 0 spiro atoms. The Bertz CT molecular complexity index is 417. The lowest BCUT2D eigenvalue weighted by Crippen LogP contribution is -2.22. The van der Waals surface area contributed by atoms with Crippen LogP contribution in [0.2, 0.25) is 0 Å². The minimum Gasteiger partial charge on any atom is -0.504 e. The highest BCUT2D eigenvalue weighted by molar-refractivity contribution is 5.77.